The maximum Gasteiger partial charge on any atom is 0.243 e. The van der Waals surface area contributed by atoms with Gasteiger partial charge in [0.1, 0.15) is 5.75 Å². The predicted molar refractivity (Wildman–Crippen MR) is 150 cm³/mol. The Morgan fingerprint density at radius 1 is 0.949 bits per heavy atom. The summed E-state index contributed by atoms with van der Waals surface area (Å²) in [5.41, 5.74) is 0.718. The van der Waals surface area contributed by atoms with Crippen molar-refractivity contribution in [3.05, 3.63) is 53.1 Å². The molecule has 12 heteroatoms. The second-order valence-electron chi connectivity index (χ2n) is 10.0. The van der Waals surface area contributed by atoms with Gasteiger partial charge >= 0.3 is 0 Å². The van der Waals surface area contributed by atoms with Crippen LogP contribution in [0.15, 0.2) is 52.3 Å². The molecular formula is C27H36ClN3O6S2. The third-order valence-corrected chi connectivity index (χ3v) is 11.5. The van der Waals surface area contributed by atoms with Crippen molar-refractivity contribution in [3.8, 4) is 5.75 Å². The van der Waals surface area contributed by atoms with Crippen LogP contribution in [0.3, 0.4) is 0 Å². The van der Waals surface area contributed by atoms with E-state index in [0.29, 0.717) is 31.7 Å². The molecule has 1 heterocycles. The molecule has 2 aromatic carbocycles. The molecule has 1 saturated carbocycles. The minimum absolute atomic E-state index is 0.0113. The number of methoxy groups -OCH3 is 1. The van der Waals surface area contributed by atoms with E-state index in [9.17, 15) is 21.6 Å². The van der Waals surface area contributed by atoms with Crippen LogP contribution in [-0.2, 0) is 31.4 Å². The highest BCUT2D eigenvalue weighted by Gasteiger charge is 2.34. The number of halogens is 1. The number of nitrogens with one attached hydrogen (secondary N) is 1. The van der Waals surface area contributed by atoms with Crippen molar-refractivity contribution in [2.24, 2.45) is 0 Å². The van der Waals surface area contributed by atoms with Crippen LogP contribution in [0.4, 0.5) is 0 Å². The van der Waals surface area contributed by atoms with Crippen molar-refractivity contribution >= 4 is 37.6 Å². The molecule has 0 aromatic heterocycles. The first-order valence-corrected chi connectivity index (χ1v) is 16.6. The number of amides is 1. The lowest BCUT2D eigenvalue weighted by Crippen LogP contribution is -2.46. The van der Waals surface area contributed by atoms with Crippen molar-refractivity contribution in [1.82, 2.24) is 13.9 Å². The maximum atomic E-state index is 13.6. The van der Waals surface area contributed by atoms with Crippen LogP contribution in [0, 0.1) is 0 Å². The predicted octanol–water partition coefficient (Wildman–Crippen LogP) is 4.16. The van der Waals surface area contributed by atoms with E-state index in [2.05, 4.69) is 5.32 Å². The van der Waals surface area contributed by atoms with E-state index in [1.54, 1.807) is 24.3 Å². The van der Waals surface area contributed by atoms with Crippen LogP contribution in [0.5, 0.6) is 5.75 Å². The van der Waals surface area contributed by atoms with Gasteiger partial charge in [-0.15, -0.1) is 0 Å². The van der Waals surface area contributed by atoms with Crippen molar-refractivity contribution < 1.29 is 26.4 Å². The molecule has 9 nitrogen and oxygen atoms in total. The number of carbonyl (C=O) groups excluding carboxylic acids is 1. The van der Waals surface area contributed by atoms with Crippen LogP contribution in [0.1, 0.15) is 56.9 Å². The summed E-state index contributed by atoms with van der Waals surface area (Å²) in [7, 11) is -6.08. The lowest BCUT2D eigenvalue weighted by Gasteiger charge is -2.33. The van der Waals surface area contributed by atoms with Gasteiger partial charge in [0.15, 0.2) is 0 Å². The van der Waals surface area contributed by atoms with E-state index in [1.807, 2.05) is 0 Å². The fourth-order valence-electron chi connectivity index (χ4n) is 5.15. The van der Waals surface area contributed by atoms with E-state index >= 15 is 0 Å². The van der Waals surface area contributed by atoms with E-state index in [0.717, 1.165) is 44.1 Å². The van der Waals surface area contributed by atoms with E-state index < -0.39 is 26.0 Å². The second kappa shape index (κ2) is 13.0. The largest absolute Gasteiger partial charge is 0.495 e. The number of benzene rings is 2. The number of hydrogen-bond donors (Lipinski definition) is 1. The molecule has 1 aliphatic carbocycles. The third kappa shape index (κ3) is 7.13. The number of ether oxygens (including phenoxy) is 1. The molecule has 0 bridgehead atoms. The van der Waals surface area contributed by atoms with E-state index in [-0.39, 0.29) is 33.9 Å². The molecule has 0 radical (unpaired) electrons. The van der Waals surface area contributed by atoms with Gasteiger partial charge in [0.2, 0.25) is 26.0 Å². The normalized spacial score (nSPS) is 17.7. The summed E-state index contributed by atoms with van der Waals surface area (Å²) < 4.78 is 61.0. The molecule has 0 unspecified atom stereocenters. The number of sulfonamides is 2. The van der Waals surface area contributed by atoms with Crippen molar-refractivity contribution in [2.45, 2.75) is 73.7 Å². The SMILES string of the molecule is COc1ccc(S(=O)(=O)N(CC(=O)NCc2ccc(S(=O)(=O)N3CCCCC3)cc2)C2CCCCC2)cc1Cl. The number of piperidine rings is 1. The van der Waals surface area contributed by atoms with Gasteiger partial charge in [-0.2, -0.15) is 8.61 Å². The van der Waals surface area contributed by atoms with Gasteiger partial charge in [0, 0.05) is 25.7 Å². The fourth-order valence-corrected chi connectivity index (χ4v) is 8.66. The van der Waals surface area contributed by atoms with Crippen LogP contribution in [0.2, 0.25) is 5.02 Å². The molecule has 39 heavy (non-hydrogen) atoms. The topological polar surface area (TPSA) is 113 Å². The molecule has 1 N–H and O–H groups in total. The second-order valence-corrected chi connectivity index (χ2v) is 14.3. The Hall–Kier alpha value is -2.18. The van der Waals surface area contributed by atoms with Gasteiger partial charge in [-0.3, -0.25) is 4.79 Å². The highest BCUT2D eigenvalue weighted by atomic mass is 35.5. The molecule has 214 valence electrons. The Morgan fingerprint density at radius 2 is 1.56 bits per heavy atom. The third-order valence-electron chi connectivity index (χ3n) is 7.38. The quantitative estimate of drug-likeness (QED) is 0.440. The Bertz CT molecular complexity index is 1350. The van der Waals surface area contributed by atoms with Crippen molar-refractivity contribution in [1.29, 1.82) is 0 Å². The molecule has 4 rings (SSSR count). The number of hydrogen-bond acceptors (Lipinski definition) is 6. The summed E-state index contributed by atoms with van der Waals surface area (Å²) in [6.07, 6.45) is 6.96. The summed E-state index contributed by atoms with van der Waals surface area (Å²) in [6.45, 7) is 0.889. The molecule has 1 amide bonds. The Balaban J connectivity index is 1.44. The highest BCUT2D eigenvalue weighted by molar-refractivity contribution is 7.89. The smallest absolute Gasteiger partial charge is 0.243 e. The van der Waals surface area contributed by atoms with Crippen LogP contribution < -0.4 is 10.1 Å². The minimum atomic E-state index is -4.00. The first-order chi connectivity index (χ1) is 18.6. The number of nitrogens with zero attached hydrogens (tertiary/aromatic N) is 2. The van der Waals surface area contributed by atoms with Crippen LogP contribution in [0.25, 0.3) is 0 Å². The van der Waals surface area contributed by atoms with Gasteiger partial charge in [-0.05, 0) is 61.6 Å². The molecule has 2 aliphatic rings. The van der Waals surface area contributed by atoms with Gasteiger partial charge in [-0.25, -0.2) is 16.8 Å². The zero-order chi connectivity index (χ0) is 28.0. The summed E-state index contributed by atoms with van der Waals surface area (Å²) in [4.78, 5) is 13.2. The van der Waals surface area contributed by atoms with Crippen LogP contribution >= 0.6 is 11.6 Å². The average Bonchev–Trinajstić information content (AvgIpc) is 2.95. The first kappa shape index (κ1) is 29.8. The van der Waals surface area contributed by atoms with E-state index in [1.165, 1.54) is 33.9 Å². The number of rotatable bonds is 10. The summed E-state index contributed by atoms with van der Waals surface area (Å²) in [5.74, 6) is -0.0684. The van der Waals surface area contributed by atoms with Gasteiger partial charge in [0.25, 0.3) is 0 Å². The van der Waals surface area contributed by atoms with Gasteiger partial charge in [0.05, 0.1) is 28.5 Å². The van der Waals surface area contributed by atoms with Gasteiger partial charge < -0.3 is 10.1 Å². The molecule has 1 saturated heterocycles. The standard InChI is InChI=1S/C27H36ClN3O6S2/c1-37-26-15-14-24(18-25(26)28)39(35,36)31(22-8-4-2-5-9-22)20-27(32)29-19-21-10-12-23(13-11-21)38(33,34)30-16-6-3-7-17-30/h10-15,18,22H,2-9,16-17,19-20H2,1H3,(H,29,32). The summed E-state index contributed by atoms with van der Waals surface area (Å²) in [5, 5.41) is 2.97. The van der Waals surface area contributed by atoms with Gasteiger partial charge in [-0.1, -0.05) is 49.4 Å². The zero-order valence-corrected chi connectivity index (χ0v) is 24.5. The molecular weight excluding hydrogens is 562 g/mol. The summed E-state index contributed by atoms with van der Waals surface area (Å²) in [6, 6.07) is 10.5. The average molecular weight is 598 g/mol. The summed E-state index contributed by atoms with van der Waals surface area (Å²) >= 11 is 6.21. The first-order valence-electron chi connectivity index (χ1n) is 13.3. The lowest BCUT2D eigenvalue weighted by molar-refractivity contribution is -0.121. The highest BCUT2D eigenvalue weighted by Crippen LogP contribution is 2.32. The van der Waals surface area contributed by atoms with Crippen LogP contribution in [-0.4, -0.2) is 64.1 Å². The lowest BCUT2D eigenvalue weighted by atomic mass is 9.95. The zero-order valence-electron chi connectivity index (χ0n) is 22.1. The van der Waals surface area contributed by atoms with E-state index in [4.69, 9.17) is 16.3 Å². The maximum absolute atomic E-state index is 13.6. The monoisotopic (exact) mass is 597 g/mol. The number of carbonyl (C=O) groups is 1. The fraction of sp³-hybridized carbons (Fsp3) is 0.519. The van der Waals surface area contributed by atoms with Crippen molar-refractivity contribution in [3.63, 3.8) is 0 Å². The molecule has 2 aromatic rings. The Labute approximate surface area is 236 Å². The molecule has 0 atom stereocenters. The molecule has 0 spiro atoms. The Kier molecular flexibility index (Phi) is 9.92. The van der Waals surface area contributed by atoms with Crippen molar-refractivity contribution in [2.75, 3.05) is 26.7 Å². The molecule has 2 fully saturated rings. The Morgan fingerprint density at radius 3 is 2.18 bits per heavy atom. The minimum Gasteiger partial charge on any atom is -0.495 e. The molecule has 1 aliphatic heterocycles.